The number of amides is 3. The smallest absolute Gasteiger partial charge is 0.318 e. The maximum Gasteiger partial charge on any atom is 0.318 e. The van der Waals surface area contributed by atoms with Crippen LogP contribution in [0.2, 0.25) is 0 Å². The third kappa shape index (κ3) is 2.99. The van der Waals surface area contributed by atoms with Crippen LogP contribution in [0.3, 0.4) is 0 Å². The van der Waals surface area contributed by atoms with Gasteiger partial charge in [-0.15, -0.1) is 0 Å². The Morgan fingerprint density at radius 2 is 1.95 bits per heavy atom. The van der Waals surface area contributed by atoms with E-state index in [1.54, 1.807) is 0 Å². The molecule has 9 nitrogen and oxygen atoms in total. The minimum Gasteiger partial charge on any atom is -0.481 e. The molecule has 3 atom stereocenters. The average molecular weight is 287 g/mol. The van der Waals surface area contributed by atoms with Gasteiger partial charge in [0.2, 0.25) is 5.91 Å². The van der Waals surface area contributed by atoms with Crippen molar-refractivity contribution in [3.05, 3.63) is 0 Å². The quantitative estimate of drug-likeness (QED) is 0.549. The molecule has 2 fully saturated rings. The summed E-state index contributed by atoms with van der Waals surface area (Å²) in [7, 11) is 0. The molecule has 2 rings (SSSR count). The third-order valence-corrected chi connectivity index (χ3v) is 3.42. The predicted molar refractivity (Wildman–Crippen MR) is 64.8 cm³/mol. The molecule has 2 aliphatic heterocycles. The van der Waals surface area contributed by atoms with Crippen LogP contribution in [0.1, 0.15) is 0 Å². The molecule has 2 saturated heterocycles. The van der Waals surface area contributed by atoms with Crippen LogP contribution in [0.4, 0.5) is 4.79 Å². The maximum atomic E-state index is 12.1. The van der Waals surface area contributed by atoms with Crippen molar-refractivity contribution in [2.45, 2.75) is 12.1 Å². The van der Waals surface area contributed by atoms with Gasteiger partial charge < -0.3 is 30.5 Å². The highest BCUT2D eigenvalue weighted by Gasteiger charge is 2.38. The molecule has 2 aliphatic rings. The molecule has 0 aromatic heterocycles. The Balaban J connectivity index is 1.99. The number of hydrogen-bond acceptors (Lipinski definition) is 5. The first-order valence-electron chi connectivity index (χ1n) is 6.25. The zero-order valence-electron chi connectivity index (χ0n) is 10.8. The van der Waals surface area contributed by atoms with E-state index in [4.69, 9.17) is 20.3 Å². The minimum atomic E-state index is -1.03. The van der Waals surface area contributed by atoms with Crippen LogP contribution in [-0.2, 0) is 19.1 Å². The molecule has 112 valence electrons. The lowest BCUT2D eigenvalue weighted by Gasteiger charge is -2.34. The highest BCUT2D eigenvalue weighted by molar-refractivity contribution is 5.86. The monoisotopic (exact) mass is 287 g/mol. The SMILES string of the molecule is NC(=O)C1COCCN1C(=O)NC1COCC1C(=O)O. The number of carbonyl (C=O) groups is 3. The van der Waals surface area contributed by atoms with Crippen molar-refractivity contribution < 1.29 is 29.0 Å². The Hall–Kier alpha value is -1.87. The number of rotatable bonds is 3. The van der Waals surface area contributed by atoms with E-state index < -0.39 is 35.9 Å². The number of carboxylic acids is 1. The van der Waals surface area contributed by atoms with Gasteiger partial charge in [0, 0.05) is 6.54 Å². The fourth-order valence-electron chi connectivity index (χ4n) is 2.26. The van der Waals surface area contributed by atoms with Crippen molar-refractivity contribution in [1.29, 1.82) is 0 Å². The summed E-state index contributed by atoms with van der Waals surface area (Å²) in [5.41, 5.74) is 5.22. The molecule has 0 saturated carbocycles. The van der Waals surface area contributed by atoms with E-state index in [0.29, 0.717) is 6.61 Å². The second kappa shape index (κ2) is 6.06. The first-order chi connectivity index (χ1) is 9.50. The lowest BCUT2D eigenvalue weighted by molar-refractivity contribution is -0.142. The highest BCUT2D eigenvalue weighted by atomic mass is 16.5. The van der Waals surface area contributed by atoms with Gasteiger partial charge in [-0.1, -0.05) is 0 Å². The molecule has 2 heterocycles. The normalized spacial score (nSPS) is 30.0. The van der Waals surface area contributed by atoms with E-state index in [0.717, 1.165) is 0 Å². The number of primary amides is 1. The molecule has 0 aromatic rings. The third-order valence-electron chi connectivity index (χ3n) is 3.42. The summed E-state index contributed by atoms with van der Waals surface area (Å²) in [6, 6.07) is -1.98. The summed E-state index contributed by atoms with van der Waals surface area (Å²) in [6.45, 7) is 0.773. The van der Waals surface area contributed by atoms with Gasteiger partial charge in [0.1, 0.15) is 12.0 Å². The van der Waals surface area contributed by atoms with Gasteiger partial charge in [-0.05, 0) is 0 Å². The Labute approximate surface area is 115 Å². The molecule has 3 amide bonds. The number of nitrogens with two attached hydrogens (primary N) is 1. The number of nitrogens with one attached hydrogen (secondary N) is 1. The molecule has 4 N–H and O–H groups in total. The fraction of sp³-hybridized carbons (Fsp3) is 0.727. The van der Waals surface area contributed by atoms with Crippen molar-refractivity contribution in [3.63, 3.8) is 0 Å². The van der Waals surface area contributed by atoms with E-state index in [1.807, 2.05) is 0 Å². The molecular weight excluding hydrogens is 270 g/mol. The van der Waals surface area contributed by atoms with E-state index in [9.17, 15) is 14.4 Å². The first-order valence-corrected chi connectivity index (χ1v) is 6.25. The summed E-state index contributed by atoms with van der Waals surface area (Å²) in [6.07, 6.45) is 0. The zero-order valence-corrected chi connectivity index (χ0v) is 10.8. The number of hydrogen-bond donors (Lipinski definition) is 3. The van der Waals surface area contributed by atoms with Crippen LogP contribution >= 0.6 is 0 Å². The Kier molecular flexibility index (Phi) is 4.40. The molecule has 0 bridgehead atoms. The van der Waals surface area contributed by atoms with Crippen molar-refractivity contribution in [1.82, 2.24) is 10.2 Å². The number of urea groups is 1. The lowest BCUT2D eigenvalue weighted by Crippen LogP contribution is -2.59. The molecule has 0 radical (unpaired) electrons. The number of ether oxygens (including phenoxy) is 2. The zero-order chi connectivity index (χ0) is 14.7. The molecular formula is C11H17N3O6. The second-order valence-corrected chi connectivity index (χ2v) is 4.72. The van der Waals surface area contributed by atoms with Gasteiger partial charge in [-0.25, -0.2) is 4.79 Å². The molecule has 0 aromatic carbocycles. The van der Waals surface area contributed by atoms with Gasteiger partial charge in [0.15, 0.2) is 0 Å². The summed E-state index contributed by atoms with van der Waals surface area (Å²) in [5, 5.41) is 11.6. The van der Waals surface area contributed by atoms with Gasteiger partial charge in [-0.3, -0.25) is 9.59 Å². The molecule has 20 heavy (non-hydrogen) atoms. The van der Waals surface area contributed by atoms with Gasteiger partial charge >= 0.3 is 12.0 Å². The Morgan fingerprint density at radius 3 is 2.60 bits per heavy atom. The second-order valence-electron chi connectivity index (χ2n) is 4.72. The molecule has 0 spiro atoms. The first kappa shape index (κ1) is 14.5. The number of nitrogens with zero attached hydrogens (tertiary/aromatic N) is 1. The highest BCUT2D eigenvalue weighted by Crippen LogP contribution is 2.15. The van der Waals surface area contributed by atoms with Crippen molar-refractivity contribution in [2.24, 2.45) is 11.7 Å². The van der Waals surface area contributed by atoms with E-state index in [-0.39, 0.29) is 26.4 Å². The molecule has 9 heteroatoms. The molecule has 0 aliphatic carbocycles. The van der Waals surface area contributed by atoms with Crippen LogP contribution in [0, 0.1) is 5.92 Å². The number of carboxylic acid groups (broad SMARTS) is 1. The largest absolute Gasteiger partial charge is 0.481 e. The van der Waals surface area contributed by atoms with Crippen LogP contribution in [-0.4, -0.2) is 73.0 Å². The van der Waals surface area contributed by atoms with Crippen LogP contribution in [0.15, 0.2) is 0 Å². The summed E-state index contributed by atoms with van der Waals surface area (Å²) in [4.78, 5) is 35.7. The van der Waals surface area contributed by atoms with E-state index in [2.05, 4.69) is 5.32 Å². The summed E-state index contributed by atoms with van der Waals surface area (Å²) in [5.74, 6) is -2.47. The van der Waals surface area contributed by atoms with Crippen molar-refractivity contribution in [3.8, 4) is 0 Å². The van der Waals surface area contributed by atoms with Crippen LogP contribution in [0.25, 0.3) is 0 Å². The average Bonchev–Trinajstić information content (AvgIpc) is 2.87. The Morgan fingerprint density at radius 1 is 1.20 bits per heavy atom. The van der Waals surface area contributed by atoms with Crippen LogP contribution < -0.4 is 11.1 Å². The number of aliphatic carboxylic acids is 1. The minimum absolute atomic E-state index is 0.0479. The number of morpholine rings is 1. The standard InChI is InChI=1S/C11H17N3O6/c12-9(15)8-5-19-2-1-14(8)11(18)13-7-4-20-3-6(7)10(16)17/h6-8H,1-5H2,(H2,12,15)(H,13,18)(H,16,17). The van der Waals surface area contributed by atoms with Crippen LogP contribution in [0.5, 0.6) is 0 Å². The molecule has 3 unspecified atom stereocenters. The summed E-state index contributed by atoms with van der Waals surface area (Å²) >= 11 is 0. The topological polar surface area (TPSA) is 131 Å². The summed E-state index contributed by atoms with van der Waals surface area (Å²) < 4.78 is 10.2. The predicted octanol–water partition coefficient (Wildman–Crippen LogP) is -2.02. The van der Waals surface area contributed by atoms with Gasteiger partial charge in [0.25, 0.3) is 0 Å². The van der Waals surface area contributed by atoms with Gasteiger partial charge in [-0.2, -0.15) is 0 Å². The maximum absolute atomic E-state index is 12.1. The van der Waals surface area contributed by atoms with E-state index >= 15 is 0 Å². The van der Waals surface area contributed by atoms with Crippen molar-refractivity contribution >= 4 is 17.9 Å². The van der Waals surface area contributed by atoms with Crippen molar-refractivity contribution in [2.75, 3.05) is 33.0 Å². The van der Waals surface area contributed by atoms with E-state index in [1.165, 1.54) is 4.90 Å². The van der Waals surface area contributed by atoms with Gasteiger partial charge in [0.05, 0.1) is 32.5 Å². The lowest BCUT2D eigenvalue weighted by atomic mass is 10.0. The number of carbonyl (C=O) groups excluding carboxylic acids is 2. The Bertz CT molecular complexity index is 415. The fourth-order valence-corrected chi connectivity index (χ4v) is 2.26.